The van der Waals surface area contributed by atoms with Gasteiger partial charge >= 0.3 is 0 Å². The van der Waals surface area contributed by atoms with Crippen LogP contribution in [0.15, 0.2) is 48.8 Å². The second-order valence-corrected chi connectivity index (χ2v) is 9.55. The number of nitrogens with zero attached hydrogens (tertiary/aromatic N) is 8. The fraction of sp³-hybridized carbons (Fsp3) is 0.286. The lowest BCUT2D eigenvalue weighted by Gasteiger charge is -2.25. The molecular formula is C28H26F2N10O2. The van der Waals surface area contributed by atoms with Crippen molar-refractivity contribution in [3.8, 4) is 23.2 Å². The zero-order valence-corrected chi connectivity index (χ0v) is 22.8. The van der Waals surface area contributed by atoms with E-state index < -0.39 is 18.5 Å². The van der Waals surface area contributed by atoms with Crippen LogP contribution in [0.1, 0.15) is 43.4 Å². The Labute approximate surface area is 239 Å². The van der Waals surface area contributed by atoms with Crippen molar-refractivity contribution in [2.45, 2.75) is 31.9 Å². The first-order chi connectivity index (χ1) is 20.5. The zero-order valence-electron chi connectivity index (χ0n) is 22.8. The molecule has 1 aliphatic rings. The topological polar surface area (TPSA) is 141 Å². The Balaban J connectivity index is 1.52. The van der Waals surface area contributed by atoms with Crippen LogP contribution in [-0.2, 0) is 11.8 Å². The van der Waals surface area contributed by atoms with E-state index in [1.165, 1.54) is 18.0 Å². The normalized spacial score (nSPS) is 15.1. The lowest BCUT2D eigenvalue weighted by molar-refractivity contribution is -0.0363. The molecule has 1 aliphatic heterocycles. The van der Waals surface area contributed by atoms with Gasteiger partial charge in [0.2, 0.25) is 0 Å². The van der Waals surface area contributed by atoms with Gasteiger partial charge in [-0.3, -0.25) is 4.57 Å². The number of methoxy groups -OCH3 is 1. The number of anilines is 4. The Morgan fingerprint density at radius 3 is 2.64 bits per heavy atom. The zero-order chi connectivity index (χ0) is 29.2. The summed E-state index contributed by atoms with van der Waals surface area (Å²) in [6.45, 7) is 0.451. The van der Waals surface area contributed by atoms with Gasteiger partial charge < -0.3 is 20.1 Å². The van der Waals surface area contributed by atoms with Crippen molar-refractivity contribution in [3.05, 3.63) is 60.3 Å². The van der Waals surface area contributed by atoms with E-state index in [-0.39, 0.29) is 16.9 Å². The largest absolute Gasteiger partial charge is 0.494 e. The van der Waals surface area contributed by atoms with Gasteiger partial charge in [0.05, 0.1) is 24.0 Å². The second-order valence-electron chi connectivity index (χ2n) is 9.55. The number of nitrogens with one attached hydrogen (secondary N) is 2. The summed E-state index contributed by atoms with van der Waals surface area (Å²) >= 11 is 0. The van der Waals surface area contributed by atoms with Crippen LogP contribution < -0.4 is 15.4 Å². The first-order valence-electron chi connectivity index (χ1n) is 13.2. The molecule has 14 heteroatoms. The molecule has 5 aromatic rings. The Bertz CT molecular complexity index is 1790. The van der Waals surface area contributed by atoms with Gasteiger partial charge in [-0.2, -0.15) is 10.4 Å². The SMILES string of the molecule is COc1c(Nc2cc(Nc3cccc(C#N)n3)nc3c2nc(C(F)F)n3C2CCCCO2)cccc1-c1ncnn1C. The number of ether oxygens (including phenoxy) is 2. The summed E-state index contributed by atoms with van der Waals surface area (Å²) in [6.07, 6.45) is 0.164. The van der Waals surface area contributed by atoms with E-state index in [2.05, 4.69) is 35.7 Å². The van der Waals surface area contributed by atoms with Crippen molar-refractivity contribution in [2.75, 3.05) is 24.4 Å². The molecule has 0 amide bonds. The van der Waals surface area contributed by atoms with Crippen LogP contribution in [0.5, 0.6) is 5.75 Å². The van der Waals surface area contributed by atoms with Gasteiger partial charge in [0.15, 0.2) is 23.0 Å². The molecule has 5 heterocycles. The molecule has 1 fully saturated rings. The molecule has 0 bridgehead atoms. The van der Waals surface area contributed by atoms with Crippen molar-refractivity contribution in [2.24, 2.45) is 7.05 Å². The molecule has 12 nitrogen and oxygen atoms in total. The highest BCUT2D eigenvalue weighted by atomic mass is 19.3. The number of nitriles is 1. The summed E-state index contributed by atoms with van der Waals surface area (Å²) < 4.78 is 43.5. The fourth-order valence-electron chi connectivity index (χ4n) is 5.02. The molecule has 0 spiro atoms. The second kappa shape index (κ2) is 11.4. The number of fused-ring (bicyclic) bond motifs is 1. The molecule has 1 aromatic carbocycles. The number of hydrogen-bond acceptors (Lipinski definition) is 10. The van der Waals surface area contributed by atoms with Crippen LogP contribution in [-0.4, -0.2) is 48.0 Å². The number of pyridine rings is 2. The predicted octanol–water partition coefficient (Wildman–Crippen LogP) is 5.63. The van der Waals surface area contributed by atoms with Crippen LogP contribution in [0.4, 0.5) is 31.8 Å². The summed E-state index contributed by atoms with van der Waals surface area (Å²) in [5, 5.41) is 19.9. The number of rotatable bonds is 8. The summed E-state index contributed by atoms with van der Waals surface area (Å²) in [5.74, 6) is 1.28. The summed E-state index contributed by atoms with van der Waals surface area (Å²) in [6, 6.07) is 14.1. The van der Waals surface area contributed by atoms with Crippen molar-refractivity contribution in [1.29, 1.82) is 5.26 Å². The molecular weight excluding hydrogens is 546 g/mol. The van der Waals surface area contributed by atoms with Gasteiger partial charge in [-0.1, -0.05) is 12.1 Å². The average molecular weight is 573 g/mol. The fourth-order valence-corrected chi connectivity index (χ4v) is 5.02. The minimum absolute atomic E-state index is 0.213. The highest BCUT2D eigenvalue weighted by Crippen LogP contribution is 2.40. The van der Waals surface area contributed by atoms with E-state index in [0.29, 0.717) is 53.2 Å². The number of aryl methyl sites for hydroxylation is 1. The van der Waals surface area contributed by atoms with Crippen LogP contribution in [0.25, 0.3) is 22.6 Å². The lowest BCUT2D eigenvalue weighted by Crippen LogP contribution is -2.20. The van der Waals surface area contributed by atoms with Crippen molar-refractivity contribution in [1.82, 2.24) is 34.3 Å². The molecule has 1 saturated heterocycles. The van der Waals surface area contributed by atoms with Crippen LogP contribution in [0.2, 0.25) is 0 Å². The summed E-state index contributed by atoms with van der Waals surface area (Å²) in [4.78, 5) is 17.6. The molecule has 0 saturated carbocycles. The maximum absolute atomic E-state index is 14.4. The third-order valence-corrected chi connectivity index (χ3v) is 6.88. The Kier molecular flexibility index (Phi) is 7.32. The van der Waals surface area contributed by atoms with Crippen LogP contribution in [0.3, 0.4) is 0 Å². The number of aromatic nitrogens is 7. The molecule has 0 aliphatic carbocycles. The van der Waals surface area contributed by atoms with Gasteiger partial charge in [-0.15, -0.1) is 0 Å². The van der Waals surface area contributed by atoms with Crippen LogP contribution >= 0.6 is 0 Å². The Morgan fingerprint density at radius 1 is 1.07 bits per heavy atom. The highest BCUT2D eigenvalue weighted by Gasteiger charge is 2.29. The number of alkyl halides is 2. The maximum atomic E-state index is 14.4. The first-order valence-corrected chi connectivity index (χ1v) is 13.2. The van der Waals surface area contributed by atoms with Crippen molar-refractivity contribution in [3.63, 3.8) is 0 Å². The summed E-state index contributed by atoms with van der Waals surface area (Å²) in [7, 11) is 3.31. The third-order valence-electron chi connectivity index (χ3n) is 6.88. The van der Waals surface area contributed by atoms with E-state index in [0.717, 1.165) is 12.8 Å². The number of benzene rings is 1. The molecule has 1 atom stereocenters. The van der Waals surface area contributed by atoms with E-state index in [1.54, 1.807) is 42.1 Å². The monoisotopic (exact) mass is 572 g/mol. The molecule has 1 unspecified atom stereocenters. The van der Waals surface area contributed by atoms with Gasteiger partial charge in [-0.25, -0.2) is 33.4 Å². The Morgan fingerprint density at radius 2 is 1.93 bits per heavy atom. The van der Waals surface area contributed by atoms with Crippen LogP contribution in [0, 0.1) is 11.3 Å². The number of hydrogen-bond donors (Lipinski definition) is 2. The predicted molar refractivity (Wildman–Crippen MR) is 150 cm³/mol. The minimum Gasteiger partial charge on any atom is -0.494 e. The molecule has 214 valence electrons. The van der Waals surface area contributed by atoms with Gasteiger partial charge in [0.25, 0.3) is 6.43 Å². The molecule has 42 heavy (non-hydrogen) atoms. The summed E-state index contributed by atoms with van der Waals surface area (Å²) in [5.41, 5.74) is 2.27. The molecule has 0 radical (unpaired) electrons. The Hall–Kier alpha value is -5.16. The maximum Gasteiger partial charge on any atom is 0.295 e. The highest BCUT2D eigenvalue weighted by molar-refractivity contribution is 5.92. The first kappa shape index (κ1) is 27.0. The van der Waals surface area contributed by atoms with Gasteiger partial charge in [0, 0.05) is 19.7 Å². The average Bonchev–Trinajstić information content (AvgIpc) is 3.61. The standard InChI is InChI=1S/C28H26F2N10O2/c1-39-26(32-15-33-39)17-8-6-9-18(24(17)41-2)35-19-13-21(36-20-10-5-7-16(14-31)34-20)37-27-23(19)38-28(25(29)30)40(27)22-11-3-4-12-42-22/h5-10,13,15,22,25H,3-4,11-12H2,1-2H3,(H2,34,35,36,37). The smallest absolute Gasteiger partial charge is 0.295 e. The van der Waals surface area contributed by atoms with Crippen molar-refractivity contribution < 1.29 is 18.3 Å². The number of imidazole rings is 1. The van der Waals surface area contributed by atoms with Gasteiger partial charge in [-0.05, 0) is 43.5 Å². The molecule has 6 rings (SSSR count). The molecule has 2 N–H and O–H groups in total. The molecule has 4 aromatic heterocycles. The lowest BCUT2D eigenvalue weighted by atomic mass is 10.1. The van der Waals surface area contributed by atoms with E-state index in [4.69, 9.17) is 9.47 Å². The third kappa shape index (κ3) is 5.06. The minimum atomic E-state index is -2.86. The number of halogens is 2. The quantitative estimate of drug-likeness (QED) is 0.240. The van der Waals surface area contributed by atoms with E-state index >= 15 is 0 Å². The van der Waals surface area contributed by atoms with E-state index in [1.807, 2.05) is 18.2 Å². The van der Waals surface area contributed by atoms with E-state index in [9.17, 15) is 14.0 Å². The number of para-hydroxylation sites is 1. The van der Waals surface area contributed by atoms with Crippen molar-refractivity contribution >= 4 is 34.2 Å². The van der Waals surface area contributed by atoms with Gasteiger partial charge in [0.1, 0.15) is 41.5 Å².